The Morgan fingerprint density at radius 3 is 2.63 bits per heavy atom. The molecule has 19 heavy (non-hydrogen) atoms. The number of aryl methyl sites for hydroxylation is 1. The number of rotatable bonds is 2. The molecule has 3 rings (SSSR count). The van der Waals surface area contributed by atoms with Gasteiger partial charge in [-0.05, 0) is 48.9 Å². The Labute approximate surface area is 115 Å². The summed E-state index contributed by atoms with van der Waals surface area (Å²) in [6.45, 7) is 3.94. The summed E-state index contributed by atoms with van der Waals surface area (Å²) in [5, 5.41) is 11.3. The maximum Gasteiger partial charge on any atom is 0.119 e. The molecule has 1 atom stereocenters. The zero-order valence-corrected chi connectivity index (χ0v) is 11.6. The van der Waals surface area contributed by atoms with E-state index >= 15 is 0 Å². The van der Waals surface area contributed by atoms with E-state index in [9.17, 15) is 5.11 Å². The number of aliphatic hydroxyl groups is 1. The molecule has 2 aliphatic carbocycles. The molecule has 2 heteroatoms. The summed E-state index contributed by atoms with van der Waals surface area (Å²) in [6.07, 6.45) is 8.52. The fraction of sp³-hybridized carbons (Fsp3) is 0.529. The van der Waals surface area contributed by atoms with Crippen LogP contribution < -0.4 is 4.74 Å². The van der Waals surface area contributed by atoms with Crippen molar-refractivity contribution in [1.29, 1.82) is 0 Å². The number of hydrogen-bond donors (Lipinski definition) is 1. The van der Waals surface area contributed by atoms with Crippen LogP contribution in [0.5, 0.6) is 5.75 Å². The Hall–Kier alpha value is -1.28. The van der Waals surface area contributed by atoms with E-state index in [4.69, 9.17) is 4.74 Å². The van der Waals surface area contributed by atoms with Gasteiger partial charge in [0.05, 0.1) is 7.11 Å². The molecule has 1 aromatic rings. The van der Waals surface area contributed by atoms with Crippen LogP contribution in [-0.2, 0) is 12.0 Å². The lowest BCUT2D eigenvalue weighted by molar-refractivity contribution is -0.0614. The molecule has 1 aromatic carbocycles. The lowest BCUT2D eigenvalue weighted by atomic mass is 9.60. The number of methoxy groups -OCH3 is 1. The first-order valence-electron chi connectivity index (χ1n) is 7.19. The Bertz CT molecular complexity index is 500. The molecule has 1 unspecified atom stereocenters. The van der Waals surface area contributed by atoms with Crippen LogP contribution in [0.4, 0.5) is 0 Å². The number of hydrogen-bond acceptors (Lipinski definition) is 2. The second kappa shape index (κ2) is 4.38. The third-order valence-corrected chi connectivity index (χ3v) is 5.27. The quantitative estimate of drug-likeness (QED) is 0.822. The SMILES string of the molecule is C=CC1(O)c2cc(OC)ccc2CCC12CCCC2. The van der Waals surface area contributed by atoms with Gasteiger partial charge in [-0.3, -0.25) is 0 Å². The fourth-order valence-corrected chi connectivity index (χ4v) is 4.11. The van der Waals surface area contributed by atoms with Gasteiger partial charge in [-0.25, -0.2) is 0 Å². The molecule has 102 valence electrons. The van der Waals surface area contributed by atoms with Gasteiger partial charge >= 0.3 is 0 Å². The second-order valence-electron chi connectivity index (χ2n) is 5.98. The van der Waals surface area contributed by atoms with Crippen molar-refractivity contribution in [2.75, 3.05) is 7.11 Å². The summed E-state index contributed by atoms with van der Waals surface area (Å²) in [7, 11) is 1.67. The maximum atomic E-state index is 11.3. The van der Waals surface area contributed by atoms with Gasteiger partial charge in [0.15, 0.2) is 0 Å². The van der Waals surface area contributed by atoms with Crippen molar-refractivity contribution in [3.63, 3.8) is 0 Å². The monoisotopic (exact) mass is 258 g/mol. The smallest absolute Gasteiger partial charge is 0.119 e. The number of ether oxygens (including phenoxy) is 1. The molecule has 2 nitrogen and oxygen atoms in total. The molecule has 0 saturated heterocycles. The van der Waals surface area contributed by atoms with Crippen LogP contribution in [0.15, 0.2) is 30.9 Å². The highest BCUT2D eigenvalue weighted by molar-refractivity contribution is 5.45. The predicted molar refractivity (Wildman–Crippen MR) is 76.3 cm³/mol. The molecule has 0 aromatic heterocycles. The minimum Gasteiger partial charge on any atom is -0.497 e. The fourth-order valence-electron chi connectivity index (χ4n) is 4.11. The first kappa shape index (κ1) is 12.7. The van der Waals surface area contributed by atoms with Crippen molar-refractivity contribution < 1.29 is 9.84 Å². The molecular weight excluding hydrogens is 236 g/mol. The zero-order chi connectivity index (χ0) is 13.5. The minimum atomic E-state index is -0.897. The van der Waals surface area contributed by atoms with Crippen LogP contribution in [0.3, 0.4) is 0 Å². The van der Waals surface area contributed by atoms with Gasteiger partial charge in [0.1, 0.15) is 11.4 Å². The Morgan fingerprint density at radius 1 is 1.26 bits per heavy atom. The molecule has 2 aliphatic rings. The summed E-state index contributed by atoms with van der Waals surface area (Å²) >= 11 is 0. The highest BCUT2D eigenvalue weighted by Crippen LogP contribution is 2.58. The minimum absolute atomic E-state index is 0.00584. The van der Waals surface area contributed by atoms with Crippen molar-refractivity contribution in [3.05, 3.63) is 42.0 Å². The highest BCUT2D eigenvalue weighted by Gasteiger charge is 2.53. The average Bonchev–Trinajstić information content (AvgIpc) is 2.93. The molecule has 0 radical (unpaired) electrons. The van der Waals surface area contributed by atoms with Crippen LogP contribution in [0, 0.1) is 5.41 Å². The van der Waals surface area contributed by atoms with Gasteiger partial charge in [-0.2, -0.15) is 0 Å². The highest BCUT2D eigenvalue weighted by atomic mass is 16.5. The molecule has 0 aliphatic heterocycles. The van der Waals surface area contributed by atoms with Crippen molar-refractivity contribution in [3.8, 4) is 5.75 Å². The van der Waals surface area contributed by atoms with Crippen LogP contribution in [0.2, 0.25) is 0 Å². The maximum absolute atomic E-state index is 11.3. The van der Waals surface area contributed by atoms with E-state index in [1.54, 1.807) is 13.2 Å². The summed E-state index contributed by atoms with van der Waals surface area (Å²) in [5.74, 6) is 0.814. The van der Waals surface area contributed by atoms with Crippen LogP contribution >= 0.6 is 0 Å². The van der Waals surface area contributed by atoms with E-state index in [0.717, 1.165) is 37.0 Å². The van der Waals surface area contributed by atoms with Gasteiger partial charge in [0, 0.05) is 5.41 Å². The van der Waals surface area contributed by atoms with E-state index in [1.807, 2.05) is 12.1 Å². The van der Waals surface area contributed by atoms with E-state index in [2.05, 4.69) is 12.6 Å². The topological polar surface area (TPSA) is 29.5 Å². The molecule has 1 N–H and O–H groups in total. The largest absolute Gasteiger partial charge is 0.497 e. The van der Waals surface area contributed by atoms with Crippen molar-refractivity contribution in [1.82, 2.24) is 0 Å². The van der Waals surface area contributed by atoms with E-state index in [1.165, 1.54) is 18.4 Å². The van der Waals surface area contributed by atoms with E-state index < -0.39 is 5.60 Å². The first-order chi connectivity index (χ1) is 9.15. The van der Waals surface area contributed by atoms with Crippen molar-refractivity contribution >= 4 is 0 Å². The standard InChI is InChI=1S/C17H22O2/c1-3-17(18)15-12-14(19-2)7-6-13(15)8-11-16(17)9-4-5-10-16/h3,6-7,12,18H,1,4-5,8-11H2,2H3. The molecular formula is C17H22O2. The van der Waals surface area contributed by atoms with Crippen LogP contribution in [0.1, 0.15) is 43.2 Å². The third kappa shape index (κ3) is 1.66. The molecule has 0 bridgehead atoms. The summed E-state index contributed by atoms with van der Waals surface area (Å²) in [4.78, 5) is 0. The average molecular weight is 258 g/mol. The summed E-state index contributed by atoms with van der Waals surface area (Å²) < 4.78 is 5.32. The van der Waals surface area contributed by atoms with Gasteiger partial charge in [0.25, 0.3) is 0 Å². The van der Waals surface area contributed by atoms with Crippen molar-refractivity contribution in [2.24, 2.45) is 5.41 Å². The molecule has 0 heterocycles. The van der Waals surface area contributed by atoms with Gasteiger partial charge in [-0.1, -0.05) is 31.6 Å². The first-order valence-corrected chi connectivity index (χ1v) is 7.19. The van der Waals surface area contributed by atoms with Gasteiger partial charge < -0.3 is 9.84 Å². The van der Waals surface area contributed by atoms with E-state index in [0.29, 0.717) is 0 Å². The number of benzene rings is 1. The second-order valence-corrected chi connectivity index (χ2v) is 5.98. The Balaban J connectivity index is 2.16. The Morgan fingerprint density at radius 2 is 2.00 bits per heavy atom. The number of fused-ring (bicyclic) bond motifs is 1. The van der Waals surface area contributed by atoms with Crippen LogP contribution in [-0.4, -0.2) is 12.2 Å². The summed E-state index contributed by atoms with van der Waals surface area (Å²) in [5.41, 5.74) is 1.34. The molecule has 1 fully saturated rings. The molecule has 1 spiro atoms. The Kier molecular flexibility index (Phi) is 2.94. The van der Waals surface area contributed by atoms with Gasteiger partial charge in [-0.15, -0.1) is 0 Å². The lowest BCUT2D eigenvalue weighted by Crippen LogP contribution is -2.46. The molecule has 0 amide bonds. The molecule has 1 saturated carbocycles. The van der Waals surface area contributed by atoms with Crippen LogP contribution in [0.25, 0.3) is 0 Å². The predicted octanol–water partition coefficient (Wildman–Crippen LogP) is 3.58. The zero-order valence-electron chi connectivity index (χ0n) is 11.6. The normalized spacial score (nSPS) is 28.1. The summed E-state index contributed by atoms with van der Waals surface area (Å²) in [6, 6.07) is 6.07. The van der Waals surface area contributed by atoms with E-state index in [-0.39, 0.29) is 5.41 Å². The van der Waals surface area contributed by atoms with Gasteiger partial charge in [0.2, 0.25) is 0 Å². The third-order valence-electron chi connectivity index (χ3n) is 5.27. The lowest BCUT2D eigenvalue weighted by Gasteiger charge is -2.48. The van der Waals surface area contributed by atoms with Crippen molar-refractivity contribution in [2.45, 2.75) is 44.1 Å².